The summed E-state index contributed by atoms with van der Waals surface area (Å²) in [6, 6.07) is 0. The van der Waals surface area contributed by atoms with Crippen LogP contribution in [-0.2, 0) is 4.74 Å². The Hall–Kier alpha value is 1.32. The lowest BCUT2D eigenvalue weighted by molar-refractivity contribution is 0.109. The van der Waals surface area contributed by atoms with Gasteiger partial charge in [-0.05, 0) is 0 Å². The molecule has 0 spiro atoms. The van der Waals surface area contributed by atoms with Gasteiger partial charge in [-0.3, -0.25) is 0 Å². The summed E-state index contributed by atoms with van der Waals surface area (Å²) in [6.45, 7) is 3.83. The molecule has 0 radical (unpaired) electrons. The van der Waals surface area contributed by atoms with E-state index in [4.69, 9.17) is 4.74 Å². The third kappa shape index (κ3) is 12.0. The average molecular weight is 223 g/mol. The van der Waals surface area contributed by atoms with Crippen LogP contribution in [0.25, 0.3) is 0 Å². The first-order chi connectivity index (χ1) is 3.00. The van der Waals surface area contributed by atoms with Crippen LogP contribution in [0.1, 0.15) is 0 Å². The highest BCUT2D eigenvalue weighted by Crippen LogP contribution is 1.76. The summed E-state index contributed by atoms with van der Waals surface area (Å²) in [5.74, 6) is 0. The highest BCUT2D eigenvalue weighted by molar-refractivity contribution is 7.59. The fourth-order valence-electron chi connectivity index (χ4n) is 0.516. The standard InChI is InChI=1S/C4H9NO.4H2S/c1-3-6-4-2-5-1;;;;/h5H,1-4H2;4*1H2. The van der Waals surface area contributed by atoms with Gasteiger partial charge in [0.1, 0.15) is 0 Å². The van der Waals surface area contributed by atoms with Gasteiger partial charge in [-0.15, -0.1) is 0 Å². The molecule has 0 amide bonds. The molecule has 1 heterocycles. The minimum absolute atomic E-state index is 0. The van der Waals surface area contributed by atoms with Crippen LogP contribution in [-0.4, -0.2) is 26.3 Å². The molecule has 1 rings (SSSR count). The van der Waals surface area contributed by atoms with E-state index < -0.39 is 0 Å². The molecule has 0 unspecified atom stereocenters. The van der Waals surface area contributed by atoms with Crippen LogP contribution in [0.5, 0.6) is 0 Å². The molecule has 6 heteroatoms. The van der Waals surface area contributed by atoms with Gasteiger partial charge in [-0.25, -0.2) is 0 Å². The van der Waals surface area contributed by atoms with Crippen LogP contribution in [0.3, 0.4) is 0 Å². The highest BCUT2D eigenvalue weighted by atomic mass is 32.1. The van der Waals surface area contributed by atoms with E-state index in [-0.39, 0.29) is 54.0 Å². The molecule has 0 aromatic rings. The second kappa shape index (κ2) is 16.7. The lowest BCUT2D eigenvalue weighted by Gasteiger charge is -2.10. The molecule has 1 N–H and O–H groups in total. The Bertz CT molecular complexity index is 32.7. The highest BCUT2D eigenvalue weighted by Gasteiger charge is 1.92. The van der Waals surface area contributed by atoms with Crippen LogP contribution >= 0.6 is 54.0 Å². The van der Waals surface area contributed by atoms with Crippen LogP contribution in [0, 0.1) is 0 Å². The summed E-state index contributed by atoms with van der Waals surface area (Å²) in [6.07, 6.45) is 0. The predicted molar refractivity (Wildman–Crippen MR) is 65.2 cm³/mol. The topological polar surface area (TPSA) is 21.3 Å². The second-order valence-electron chi connectivity index (χ2n) is 1.36. The van der Waals surface area contributed by atoms with Crippen molar-refractivity contribution in [2.75, 3.05) is 26.3 Å². The molecule has 0 aromatic heterocycles. The number of hydrogen-bond donors (Lipinski definition) is 1. The van der Waals surface area contributed by atoms with Gasteiger partial charge in [-0.1, -0.05) is 0 Å². The number of ether oxygens (including phenoxy) is 1. The zero-order valence-corrected chi connectivity index (χ0v) is 9.74. The summed E-state index contributed by atoms with van der Waals surface area (Å²) in [4.78, 5) is 0. The molecule has 10 heavy (non-hydrogen) atoms. The minimum atomic E-state index is 0. The number of hydrogen-bond acceptors (Lipinski definition) is 2. The van der Waals surface area contributed by atoms with Gasteiger partial charge in [0, 0.05) is 13.1 Å². The molecular formula is C4H17NOS4. The van der Waals surface area contributed by atoms with Gasteiger partial charge in [0.05, 0.1) is 13.2 Å². The lowest BCUT2D eigenvalue weighted by Crippen LogP contribution is -2.30. The molecule has 1 aliphatic heterocycles. The molecule has 0 atom stereocenters. The van der Waals surface area contributed by atoms with E-state index in [1.54, 1.807) is 0 Å². The molecule has 1 saturated heterocycles. The Balaban J connectivity index is -0.0000000450. The molecule has 1 aliphatic rings. The monoisotopic (exact) mass is 223 g/mol. The van der Waals surface area contributed by atoms with Crippen LogP contribution in [0.2, 0.25) is 0 Å². The van der Waals surface area contributed by atoms with Gasteiger partial charge in [0.15, 0.2) is 0 Å². The van der Waals surface area contributed by atoms with Crippen molar-refractivity contribution in [3.05, 3.63) is 0 Å². The Kier molecular flexibility index (Phi) is 37.6. The first kappa shape index (κ1) is 22.5. The smallest absolute Gasteiger partial charge is 0.0591 e. The van der Waals surface area contributed by atoms with Crippen molar-refractivity contribution in [2.45, 2.75) is 0 Å². The second-order valence-corrected chi connectivity index (χ2v) is 1.36. The van der Waals surface area contributed by atoms with E-state index in [2.05, 4.69) is 5.32 Å². The maximum absolute atomic E-state index is 5.01. The quantitative estimate of drug-likeness (QED) is 0.627. The summed E-state index contributed by atoms with van der Waals surface area (Å²) >= 11 is 0. The first-order valence-electron chi connectivity index (χ1n) is 2.28. The molecule has 0 bridgehead atoms. The van der Waals surface area contributed by atoms with Crippen molar-refractivity contribution in [1.82, 2.24) is 5.32 Å². The van der Waals surface area contributed by atoms with Gasteiger partial charge in [-0.2, -0.15) is 54.0 Å². The van der Waals surface area contributed by atoms with Gasteiger partial charge in [0.25, 0.3) is 0 Å². The lowest BCUT2D eigenvalue weighted by atomic mass is 10.5. The van der Waals surface area contributed by atoms with Gasteiger partial charge >= 0.3 is 0 Å². The fraction of sp³-hybridized carbons (Fsp3) is 1.00. The zero-order valence-electron chi connectivity index (χ0n) is 5.74. The van der Waals surface area contributed by atoms with Crippen molar-refractivity contribution in [3.8, 4) is 0 Å². The summed E-state index contributed by atoms with van der Waals surface area (Å²) in [5.41, 5.74) is 0. The normalized spacial score (nSPS) is 14.4. The molecule has 68 valence electrons. The average Bonchev–Trinajstić information content (AvgIpc) is 1.72. The maximum atomic E-state index is 5.01. The Morgan fingerprint density at radius 3 is 1.30 bits per heavy atom. The number of rotatable bonds is 0. The molecule has 0 saturated carbocycles. The summed E-state index contributed by atoms with van der Waals surface area (Å²) in [5, 5.41) is 3.16. The number of nitrogens with one attached hydrogen (secondary N) is 1. The summed E-state index contributed by atoms with van der Waals surface area (Å²) < 4.78 is 5.01. The van der Waals surface area contributed by atoms with E-state index >= 15 is 0 Å². The largest absolute Gasteiger partial charge is 0.379 e. The van der Waals surface area contributed by atoms with E-state index in [9.17, 15) is 0 Å². The Labute approximate surface area is 90.3 Å². The molecule has 0 aromatic carbocycles. The van der Waals surface area contributed by atoms with Crippen molar-refractivity contribution >= 4 is 54.0 Å². The minimum Gasteiger partial charge on any atom is -0.379 e. The number of morpholine rings is 1. The Morgan fingerprint density at radius 2 is 1.20 bits per heavy atom. The van der Waals surface area contributed by atoms with Gasteiger partial charge < -0.3 is 10.1 Å². The molecule has 1 fully saturated rings. The van der Waals surface area contributed by atoms with E-state index in [0.29, 0.717) is 0 Å². The Morgan fingerprint density at radius 1 is 0.800 bits per heavy atom. The van der Waals surface area contributed by atoms with E-state index in [0.717, 1.165) is 26.3 Å². The van der Waals surface area contributed by atoms with E-state index in [1.165, 1.54) is 0 Å². The third-order valence-electron chi connectivity index (χ3n) is 0.846. The predicted octanol–water partition coefficient (Wildman–Crippen LogP) is 0.0574. The van der Waals surface area contributed by atoms with Crippen LogP contribution in [0.15, 0.2) is 0 Å². The first-order valence-corrected chi connectivity index (χ1v) is 2.28. The van der Waals surface area contributed by atoms with E-state index in [1.807, 2.05) is 0 Å². The molecule has 0 aliphatic carbocycles. The fourth-order valence-corrected chi connectivity index (χ4v) is 0.516. The SMILES string of the molecule is C1COCCN1.S.S.S.S. The third-order valence-corrected chi connectivity index (χ3v) is 0.846. The summed E-state index contributed by atoms with van der Waals surface area (Å²) in [7, 11) is 0. The van der Waals surface area contributed by atoms with Crippen molar-refractivity contribution < 1.29 is 4.74 Å². The van der Waals surface area contributed by atoms with Gasteiger partial charge in [0.2, 0.25) is 0 Å². The zero-order chi connectivity index (χ0) is 4.24. The van der Waals surface area contributed by atoms with Crippen molar-refractivity contribution in [2.24, 2.45) is 0 Å². The van der Waals surface area contributed by atoms with Crippen LogP contribution in [0.4, 0.5) is 0 Å². The maximum Gasteiger partial charge on any atom is 0.0591 e. The molecule has 2 nitrogen and oxygen atoms in total. The van der Waals surface area contributed by atoms with Crippen molar-refractivity contribution in [1.29, 1.82) is 0 Å². The van der Waals surface area contributed by atoms with Crippen LogP contribution < -0.4 is 5.32 Å². The molecular weight excluding hydrogens is 206 g/mol. The van der Waals surface area contributed by atoms with Crippen molar-refractivity contribution in [3.63, 3.8) is 0 Å².